The second kappa shape index (κ2) is 6.21. The van der Waals surface area contributed by atoms with Crippen LogP contribution in [0, 0.1) is 16.0 Å². The summed E-state index contributed by atoms with van der Waals surface area (Å²) in [5.74, 6) is -1.90. The predicted octanol–water partition coefficient (Wildman–Crippen LogP) is 2.29. The molecule has 0 aliphatic carbocycles. The molecule has 21 heavy (non-hydrogen) atoms. The number of amides is 1. The molecule has 1 aromatic rings. The summed E-state index contributed by atoms with van der Waals surface area (Å²) in [5.41, 5.74) is 0.00332. The molecule has 1 saturated heterocycles. The minimum absolute atomic E-state index is 0.128. The number of aliphatic carboxylic acids is 1. The zero-order valence-corrected chi connectivity index (χ0v) is 12.6. The molecule has 0 aromatic heterocycles. The molecule has 1 aliphatic rings. The number of piperidine rings is 1. The smallest absolute Gasteiger partial charge is 0.308 e. The number of halogens is 1. The number of nitrogens with zero attached hydrogens (tertiary/aromatic N) is 2. The topological polar surface area (TPSA) is 101 Å². The number of nitro benzene ring substituents is 1. The Morgan fingerprint density at radius 1 is 1.43 bits per heavy atom. The minimum Gasteiger partial charge on any atom is -0.481 e. The van der Waals surface area contributed by atoms with E-state index in [4.69, 9.17) is 5.11 Å². The number of benzene rings is 1. The number of carboxylic acids is 1. The summed E-state index contributed by atoms with van der Waals surface area (Å²) in [6.07, 6.45) is 1.14. The number of likely N-dealkylation sites (tertiary alicyclic amines) is 1. The SMILES string of the molecule is O=C(O)[C@H]1CCCN(C(=O)c2cc([N+](=O)[O-])ccc2Br)C1. The van der Waals surface area contributed by atoms with Gasteiger partial charge in [0.25, 0.3) is 11.6 Å². The summed E-state index contributed by atoms with van der Waals surface area (Å²) in [5, 5.41) is 19.8. The van der Waals surface area contributed by atoms with Gasteiger partial charge in [-0.2, -0.15) is 0 Å². The first-order chi connectivity index (χ1) is 9.90. The van der Waals surface area contributed by atoms with E-state index in [0.717, 1.165) is 0 Å². The summed E-state index contributed by atoms with van der Waals surface area (Å²) in [4.78, 5) is 35.1. The molecule has 0 spiro atoms. The zero-order valence-electron chi connectivity index (χ0n) is 11.0. The molecule has 1 amide bonds. The number of nitro groups is 1. The van der Waals surface area contributed by atoms with E-state index in [2.05, 4.69) is 15.9 Å². The van der Waals surface area contributed by atoms with Crippen molar-refractivity contribution in [2.45, 2.75) is 12.8 Å². The van der Waals surface area contributed by atoms with Crippen molar-refractivity contribution in [3.05, 3.63) is 38.3 Å². The third kappa shape index (κ3) is 3.38. The molecule has 0 radical (unpaired) electrons. The van der Waals surface area contributed by atoms with Gasteiger partial charge in [-0.05, 0) is 34.8 Å². The molecule has 1 aliphatic heterocycles. The Labute approximate surface area is 128 Å². The van der Waals surface area contributed by atoms with Crippen molar-refractivity contribution >= 4 is 33.5 Å². The highest BCUT2D eigenvalue weighted by Gasteiger charge is 2.30. The van der Waals surface area contributed by atoms with Gasteiger partial charge in [0.05, 0.1) is 16.4 Å². The first-order valence-corrected chi connectivity index (χ1v) is 7.15. The Morgan fingerprint density at radius 2 is 2.14 bits per heavy atom. The second-order valence-electron chi connectivity index (χ2n) is 4.85. The first kappa shape index (κ1) is 15.4. The third-order valence-electron chi connectivity index (χ3n) is 3.45. The maximum absolute atomic E-state index is 12.4. The standard InChI is InChI=1S/C13H13BrN2O5/c14-11-4-3-9(16(20)21)6-10(11)12(17)15-5-1-2-8(7-15)13(18)19/h3-4,6,8H,1-2,5,7H2,(H,18,19)/t8-/m0/s1. The van der Waals surface area contributed by atoms with Gasteiger partial charge >= 0.3 is 5.97 Å². The van der Waals surface area contributed by atoms with Gasteiger partial charge in [0, 0.05) is 29.7 Å². The zero-order chi connectivity index (χ0) is 15.6. The molecule has 1 aromatic carbocycles. The van der Waals surface area contributed by atoms with E-state index in [-0.39, 0.29) is 17.8 Å². The molecule has 2 rings (SSSR count). The van der Waals surface area contributed by atoms with Crippen LogP contribution in [0.15, 0.2) is 22.7 Å². The van der Waals surface area contributed by atoms with Crippen LogP contribution in [0.5, 0.6) is 0 Å². The largest absolute Gasteiger partial charge is 0.481 e. The quantitative estimate of drug-likeness (QED) is 0.661. The van der Waals surface area contributed by atoms with E-state index in [1.807, 2.05) is 0 Å². The third-order valence-corrected chi connectivity index (χ3v) is 4.14. The van der Waals surface area contributed by atoms with Gasteiger partial charge in [-0.15, -0.1) is 0 Å². The van der Waals surface area contributed by atoms with Crippen LogP contribution in [0.3, 0.4) is 0 Å². The summed E-state index contributed by atoms with van der Waals surface area (Å²) in [7, 11) is 0. The molecule has 0 unspecified atom stereocenters. The average molecular weight is 357 g/mol. The highest BCUT2D eigenvalue weighted by Crippen LogP contribution is 2.26. The van der Waals surface area contributed by atoms with E-state index in [1.54, 1.807) is 0 Å². The lowest BCUT2D eigenvalue weighted by Gasteiger charge is -2.30. The molecule has 7 nitrogen and oxygen atoms in total. The van der Waals surface area contributed by atoms with Gasteiger partial charge in [-0.1, -0.05) is 0 Å². The van der Waals surface area contributed by atoms with Crippen LogP contribution in [0.1, 0.15) is 23.2 Å². The van der Waals surface area contributed by atoms with Crippen molar-refractivity contribution in [2.75, 3.05) is 13.1 Å². The highest BCUT2D eigenvalue weighted by molar-refractivity contribution is 9.10. The van der Waals surface area contributed by atoms with Crippen LogP contribution in [-0.2, 0) is 4.79 Å². The number of rotatable bonds is 3. The van der Waals surface area contributed by atoms with Crippen molar-refractivity contribution in [2.24, 2.45) is 5.92 Å². The van der Waals surface area contributed by atoms with Gasteiger partial charge in [0.1, 0.15) is 0 Å². The summed E-state index contributed by atoms with van der Waals surface area (Å²) in [6, 6.07) is 3.96. The number of hydrogen-bond acceptors (Lipinski definition) is 4. The second-order valence-corrected chi connectivity index (χ2v) is 5.70. The fourth-order valence-corrected chi connectivity index (χ4v) is 2.74. The van der Waals surface area contributed by atoms with E-state index >= 15 is 0 Å². The Balaban J connectivity index is 2.25. The average Bonchev–Trinajstić information content (AvgIpc) is 2.47. The minimum atomic E-state index is -0.925. The number of carbonyl (C=O) groups excluding carboxylic acids is 1. The summed E-state index contributed by atoms with van der Waals surface area (Å²) >= 11 is 3.20. The van der Waals surface area contributed by atoms with Crippen molar-refractivity contribution < 1.29 is 19.6 Å². The molecular formula is C13H13BrN2O5. The Bertz CT molecular complexity index is 604. The van der Waals surface area contributed by atoms with E-state index in [9.17, 15) is 19.7 Å². The van der Waals surface area contributed by atoms with Crippen molar-refractivity contribution in [3.63, 3.8) is 0 Å². The molecule has 0 saturated carbocycles. The highest BCUT2D eigenvalue weighted by atomic mass is 79.9. The maximum Gasteiger partial charge on any atom is 0.308 e. The fraction of sp³-hybridized carbons (Fsp3) is 0.385. The van der Waals surface area contributed by atoms with Crippen LogP contribution in [0.4, 0.5) is 5.69 Å². The Morgan fingerprint density at radius 3 is 2.76 bits per heavy atom. The number of carbonyl (C=O) groups is 2. The van der Waals surface area contributed by atoms with Crippen LogP contribution >= 0.6 is 15.9 Å². The number of carboxylic acid groups (broad SMARTS) is 1. The van der Waals surface area contributed by atoms with Gasteiger partial charge in [0.15, 0.2) is 0 Å². The summed E-state index contributed by atoms with van der Waals surface area (Å²) < 4.78 is 0.454. The summed E-state index contributed by atoms with van der Waals surface area (Å²) in [6.45, 7) is 0.584. The molecule has 1 atom stereocenters. The van der Waals surface area contributed by atoms with E-state index < -0.39 is 22.7 Å². The van der Waals surface area contributed by atoms with Crippen molar-refractivity contribution in [1.82, 2.24) is 4.90 Å². The van der Waals surface area contributed by atoms with Gasteiger partial charge in [0.2, 0.25) is 0 Å². The lowest BCUT2D eigenvalue weighted by molar-refractivity contribution is -0.384. The monoisotopic (exact) mass is 356 g/mol. The molecular weight excluding hydrogens is 344 g/mol. The van der Waals surface area contributed by atoms with Crippen LogP contribution < -0.4 is 0 Å². The van der Waals surface area contributed by atoms with Crippen LogP contribution in [-0.4, -0.2) is 39.9 Å². The predicted molar refractivity (Wildman–Crippen MR) is 77.1 cm³/mol. The Hall–Kier alpha value is -1.96. The van der Waals surface area contributed by atoms with Gasteiger partial charge in [-0.3, -0.25) is 19.7 Å². The molecule has 1 fully saturated rings. The van der Waals surface area contributed by atoms with Gasteiger partial charge in [-0.25, -0.2) is 0 Å². The molecule has 0 bridgehead atoms. The Kier molecular flexibility index (Phi) is 4.56. The molecule has 1 N–H and O–H groups in total. The van der Waals surface area contributed by atoms with E-state index in [1.165, 1.54) is 23.1 Å². The first-order valence-electron chi connectivity index (χ1n) is 6.36. The molecule has 1 heterocycles. The number of hydrogen-bond donors (Lipinski definition) is 1. The normalized spacial score (nSPS) is 18.3. The lowest BCUT2D eigenvalue weighted by Crippen LogP contribution is -2.42. The molecule has 8 heteroatoms. The lowest BCUT2D eigenvalue weighted by atomic mass is 9.97. The molecule has 112 valence electrons. The van der Waals surface area contributed by atoms with Crippen molar-refractivity contribution in [1.29, 1.82) is 0 Å². The number of non-ortho nitro benzene ring substituents is 1. The van der Waals surface area contributed by atoms with Crippen LogP contribution in [0.2, 0.25) is 0 Å². The fourth-order valence-electron chi connectivity index (χ4n) is 2.32. The van der Waals surface area contributed by atoms with E-state index in [0.29, 0.717) is 23.9 Å². The van der Waals surface area contributed by atoms with Gasteiger partial charge < -0.3 is 10.0 Å². The van der Waals surface area contributed by atoms with Crippen LogP contribution in [0.25, 0.3) is 0 Å². The van der Waals surface area contributed by atoms with Crippen molar-refractivity contribution in [3.8, 4) is 0 Å². The maximum atomic E-state index is 12.4.